The Balaban J connectivity index is 0.00000272. The fraction of sp³-hybridized carbons (Fsp3) is 0.304. The van der Waals surface area contributed by atoms with Gasteiger partial charge in [0.2, 0.25) is 5.43 Å². The fourth-order valence-corrected chi connectivity index (χ4v) is 3.55. The zero-order valence-corrected chi connectivity index (χ0v) is 18.2. The second-order valence-corrected chi connectivity index (χ2v) is 7.33. The normalized spacial score (nSPS) is 14.1. The number of aromatic amines is 1. The molecule has 3 aromatic rings. The first-order valence-electron chi connectivity index (χ1n) is 9.99. The highest BCUT2D eigenvalue weighted by Gasteiger charge is 2.14. The number of benzene rings is 2. The zero-order chi connectivity index (χ0) is 20.9. The Kier molecular flexibility index (Phi) is 7.68. The maximum absolute atomic E-state index is 12.7. The molecule has 2 heterocycles. The number of fused-ring (bicyclic) bond motifs is 1. The molecular weight excluding hydrogens is 418 g/mol. The summed E-state index contributed by atoms with van der Waals surface area (Å²) in [5, 5.41) is 3.26. The van der Waals surface area contributed by atoms with Crippen molar-refractivity contribution in [2.75, 3.05) is 33.4 Å². The van der Waals surface area contributed by atoms with E-state index in [1.807, 2.05) is 12.1 Å². The molecule has 7 nitrogen and oxygen atoms in total. The van der Waals surface area contributed by atoms with Crippen LogP contribution in [0.15, 0.2) is 53.5 Å². The van der Waals surface area contributed by atoms with Crippen LogP contribution in [0.5, 0.6) is 5.75 Å². The summed E-state index contributed by atoms with van der Waals surface area (Å²) in [6, 6.07) is 13.3. The number of nitrogens with zero attached hydrogens (tertiary/aromatic N) is 1. The molecule has 1 aromatic heterocycles. The van der Waals surface area contributed by atoms with E-state index < -0.39 is 5.91 Å². The molecule has 31 heavy (non-hydrogen) atoms. The Morgan fingerprint density at radius 1 is 1.13 bits per heavy atom. The molecule has 2 aromatic carbocycles. The van der Waals surface area contributed by atoms with Crippen LogP contribution in [0.25, 0.3) is 10.9 Å². The predicted molar refractivity (Wildman–Crippen MR) is 122 cm³/mol. The molecule has 0 unspecified atom stereocenters. The van der Waals surface area contributed by atoms with Crippen molar-refractivity contribution in [2.45, 2.75) is 13.1 Å². The van der Waals surface area contributed by atoms with Gasteiger partial charge in [0.05, 0.1) is 20.3 Å². The molecule has 0 saturated carbocycles. The summed E-state index contributed by atoms with van der Waals surface area (Å²) in [5.41, 5.74) is 2.63. The molecule has 164 valence electrons. The Bertz CT molecular complexity index is 1090. The first-order chi connectivity index (χ1) is 14.6. The van der Waals surface area contributed by atoms with E-state index in [4.69, 9.17) is 9.47 Å². The third-order valence-corrected chi connectivity index (χ3v) is 5.32. The molecule has 0 spiro atoms. The summed E-state index contributed by atoms with van der Waals surface area (Å²) in [6.07, 6.45) is 1.46. The molecule has 0 aliphatic carbocycles. The van der Waals surface area contributed by atoms with Crippen molar-refractivity contribution >= 4 is 29.2 Å². The average molecular weight is 444 g/mol. The number of ether oxygens (including phenoxy) is 2. The number of carbonyl (C=O) groups excluding carboxylic acids is 1. The molecular formula is C23H26ClN3O4. The van der Waals surface area contributed by atoms with Crippen LogP contribution in [0.3, 0.4) is 0 Å². The number of methoxy groups -OCH3 is 1. The Morgan fingerprint density at radius 2 is 1.84 bits per heavy atom. The molecule has 1 amide bonds. The highest BCUT2D eigenvalue weighted by Crippen LogP contribution is 2.17. The highest BCUT2D eigenvalue weighted by molar-refractivity contribution is 5.97. The smallest absolute Gasteiger partial charge is 0.257 e. The molecule has 1 saturated heterocycles. The number of halogens is 1. The van der Waals surface area contributed by atoms with Crippen LogP contribution in [0, 0.1) is 0 Å². The van der Waals surface area contributed by atoms with Gasteiger partial charge in [-0.2, -0.15) is 0 Å². The van der Waals surface area contributed by atoms with Crippen molar-refractivity contribution in [1.82, 2.24) is 15.2 Å². The predicted octanol–water partition coefficient (Wildman–Crippen LogP) is 2.72. The molecule has 1 aliphatic heterocycles. The summed E-state index contributed by atoms with van der Waals surface area (Å²) >= 11 is 0. The number of morpholine rings is 1. The maximum Gasteiger partial charge on any atom is 0.257 e. The van der Waals surface area contributed by atoms with Gasteiger partial charge in [-0.05, 0) is 29.3 Å². The van der Waals surface area contributed by atoms with E-state index in [-0.39, 0.29) is 23.4 Å². The van der Waals surface area contributed by atoms with Gasteiger partial charge in [-0.1, -0.05) is 24.3 Å². The van der Waals surface area contributed by atoms with Crippen LogP contribution in [0.1, 0.15) is 21.5 Å². The van der Waals surface area contributed by atoms with Crippen LogP contribution >= 0.6 is 12.4 Å². The minimum absolute atomic E-state index is 0. The highest BCUT2D eigenvalue weighted by atomic mass is 35.5. The lowest BCUT2D eigenvalue weighted by atomic mass is 10.1. The number of nitrogens with one attached hydrogen (secondary N) is 2. The quantitative estimate of drug-likeness (QED) is 0.612. The van der Waals surface area contributed by atoms with Gasteiger partial charge in [0.1, 0.15) is 11.3 Å². The molecule has 8 heteroatoms. The maximum atomic E-state index is 12.7. The summed E-state index contributed by atoms with van der Waals surface area (Å²) < 4.78 is 10.6. The van der Waals surface area contributed by atoms with E-state index in [0.717, 1.165) is 38.4 Å². The number of aromatic nitrogens is 1. The van der Waals surface area contributed by atoms with Gasteiger partial charge in [-0.25, -0.2) is 0 Å². The van der Waals surface area contributed by atoms with Gasteiger partial charge in [-0.15, -0.1) is 12.4 Å². The van der Waals surface area contributed by atoms with E-state index in [1.54, 1.807) is 18.2 Å². The summed E-state index contributed by atoms with van der Waals surface area (Å²) in [5.74, 6) is 0.168. The zero-order valence-electron chi connectivity index (χ0n) is 17.3. The van der Waals surface area contributed by atoms with Gasteiger partial charge < -0.3 is 19.8 Å². The van der Waals surface area contributed by atoms with Crippen molar-refractivity contribution in [2.24, 2.45) is 0 Å². The summed E-state index contributed by atoms with van der Waals surface area (Å²) in [7, 11) is 1.54. The molecule has 1 aliphatic rings. The second-order valence-electron chi connectivity index (χ2n) is 7.33. The molecule has 1 fully saturated rings. The molecule has 0 atom stereocenters. The first kappa shape index (κ1) is 22.8. The van der Waals surface area contributed by atoms with Gasteiger partial charge in [0.15, 0.2) is 0 Å². The molecule has 0 bridgehead atoms. The van der Waals surface area contributed by atoms with Crippen LogP contribution in [0.2, 0.25) is 0 Å². The van der Waals surface area contributed by atoms with E-state index in [1.165, 1.54) is 18.9 Å². The van der Waals surface area contributed by atoms with E-state index in [9.17, 15) is 9.59 Å². The number of H-pyrrole nitrogens is 1. The van der Waals surface area contributed by atoms with E-state index >= 15 is 0 Å². The number of amides is 1. The second kappa shape index (κ2) is 10.4. The minimum atomic E-state index is -0.404. The van der Waals surface area contributed by atoms with Crippen molar-refractivity contribution < 1.29 is 14.3 Å². The first-order valence-corrected chi connectivity index (χ1v) is 9.99. The SMILES string of the molecule is COc1ccc2[nH]cc(C(=O)NCc3ccc(CN4CCOCC4)cc3)c(=O)c2c1.Cl. The van der Waals surface area contributed by atoms with Gasteiger partial charge in [-0.3, -0.25) is 14.5 Å². The van der Waals surface area contributed by atoms with Crippen LogP contribution < -0.4 is 15.5 Å². The lowest BCUT2D eigenvalue weighted by Gasteiger charge is -2.26. The minimum Gasteiger partial charge on any atom is -0.497 e. The van der Waals surface area contributed by atoms with Crippen LogP contribution in [-0.2, 0) is 17.8 Å². The number of hydrogen-bond donors (Lipinski definition) is 2. The molecule has 2 N–H and O–H groups in total. The Morgan fingerprint density at radius 3 is 2.55 bits per heavy atom. The third kappa shape index (κ3) is 5.44. The summed E-state index contributed by atoms with van der Waals surface area (Å²) in [6.45, 7) is 4.71. The third-order valence-electron chi connectivity index (χ3n) is 5.32. The van der Waals surface area contributed by atoms with E-state index in [0.29, 0.717) is 23.2 Å². The summed E-state index contributed by atoms with van der Waals surface area (Å²) in [4.78, 5) is 30.7. The Labute approximate surface area is 186 Å². The largest absolute Gasteiger partial charge is 0.497 e. The van der Waals surface area contributed by atoms with Gasteiger partial charge in [0.25, 0.3) is 5.91 Å². The Hall–Kier alpha value is -2.87. The molecule has 0 radical (unpaired) electrons. The number of hydrogen-bond acceptors (Lipinski definition) is 5. The number of pyridine rings is 1. The number of rotatable bonds is 6. The van der Waals surface area contributed by atoms with E-state index in [2.05, 4.69) is 27.3 Å². The number of carbonyl (C=O) groups is 1. The standard InChI is InChI=1S/C23H25N3O4.ClH/c1-29-18-6-7-21-19(12-18)22(27)20(14-24-21)23(28)25-13-16-2-4-17(5-3-16)15-26-8-10-30-11-9-26;/h2-7,12,14H,8-11,13,15H2,1H3,(H,24,27)(H,25,28);1H. The van der Waals surface area contributed by atoms with Crippen molar-refractivity contribution in [3.05, 3.63) is 75.6 Å². The van der Waals surface area contributed by atoms with Gasteiger partial charge >= 0.3 is 0 Å². The fourth-order valence-electron chi connectivity index (χ4n) is 3.55. The van der Waals surface area contributed by atoms with Crippen LogP contribution in [-0.4, -0.2) is 49.2 Å². The lowest BCUT2D eigenvalue weighted by molar-refractivity contribution is 0.0342. The monoisotopic (exact) mass is 443 g/mol. The van der Waals surface area contributed by atoms with Crippen molar-refractivity contribution in [3.63, 3.8) is 0 Å². The lowest BCUT2D eigenvalue weighted by Crippen LogP contribution is -2.35. The van der Waals surface area contributed by atoms with Crippen molar-refractivity contribution in [1.29, 1.82) is 0 Å². The average Bonchev–Trinajstić information content (AvgIpc) is 2.79. The topological polar surface area (TPSA) is 83.7 Å². The molecule has 4 rings (SSSR count). The van der Waals surface area contributed by atoms with Crippen LogP contribution in [0.4, 0.5) is 0 Å². The van der Waals surface area contributed by atoms with Gasteiger partial charge in [0, 0.05) is 43.3 Å². The van der Waals surface area contributed by atoms with Crippen molar-refractivity contribution in [3.8, 4) is 5.75 Å².